The summed E-state index contributed by atoms with van der Waals surface area (Å²) < 4.78 is 0.491. The van der Waals surface area contributed by atoms with Crippen molar-refractivity contribution in [3.8, 4) is 0 Å². The van der Waals surface area contributed by atoms with Crippen molar-refractivity contribution in [1.29, 1.82) is 0 Å². The first-order valence-electron chi connectivity index (χ1n) is 4.34. The number of halogens is 1. The average molecular weight is 205 g/mol. The first kappa shape index (κ1) is 8.58. The lowest BCUT2D eigenvalue weighted by Gasteiger charge is -2.35. The van der Waals surface area contributed by atoms with Crippen molar-refractivity contribution in [3.63, 3.8) is 0 Å². The van der Waals surface area contributed by atoms with Crippen LogP contribution in [0.2, 0.25) is 0 Å². The zero-order valence-corrected chi connectivity index (χ0v) is 8.58. The molecule has 0 unspecified atom stereocenters. The minimum atomic E-state index is 0.491. The molecule has 0 aliphatic heterocycles. The second-order valence-corrected chi connectivity index (χ2v) is 5.33. The third kappa shape index (κ3) is 1.75. The van der Waals surface area contributed by atoms with Gasteiger partial charge in [-0.15, -0.1) is 0 Å². The molecule has 0 nitrogen and oxygen atoms in total. The van der Waals surface area contributed by atoms with Gasteiger partial charge in [-0.05, 0) is 18.8 Å². The number of hydrogen-bond donors (Lipinski definition) is 0. The molecule has 0 aromatic heterocycles. The maximum absolute atomic E-state index is 3.86. The number of rotatable bonds is 1. The topological polar surface area (TPSA) is 0 Å². The van der Waals surface area contributed by atoms with Crippen LogP contribution in [0.1, 0.15) is 46.0 Å². The van der Waals surface area contributed by atoms with Crippen LogP contribution in [0.15, 0.2) is 0 Å². The predicted molar refractivity (Wildman–Crippen MR) is 49.6 cm³/mol. The molecule has 60 valence electrons. The summed E-state index contributed by atoms with van der Waals surface area (Å²) >= 11 is 3.86. The van der Waals surface area contributed by atoms with Gasteiger partial charge in [-0.1, -0.05) is 49.0 Å². The van der Waals surface area contributed by atoms with Crippen LogP contribution in [0.3, 0.4) is 0 Å². The molecule has 0 N–H and O–H groups in total. The summed E-state index contributed by atoms with van der Waals surface area (Å²) in [5, 5.41) is 0. The molecular weight excluding hydrogens is 188 g/mol. The second-order valence-electron chi connectivity index (χ2n) is 3.75. The van der Waals surface area contributed by atoms with E-state index in [4.69, 9.17) is 0 Å². The molecular formula is C9H17Br. The van der Waals surface area contributed by atoms with Gasteiger partial charge in [0.1, 0.15) is 0 Å². The van der Waals surface area contributed by atoms with E-state index in [2.05, 4.69) is 29.8 Å². The zero-order valence-electron chi connectivity index (χ0n) is 6.99. The summed E-state index contributed by atoms with van der Waals surface area (Å²) in [6, 6.07) is 0. The summed E-state index contributed by atoms with van der Waals surface area (Å²) in [6.07, 6.45) is 7.04. The Hall–Kier alpha value is 0.480. The molecule has 10 heavy (non-hydrogen) atoms. The lowest BCUT2D eigenvalue weighted by atomic mass is 9.81. The van der Waals surface area contributed by atoms with E-state index in [1.807, 2.05) is 0 Å². The molecule has 0 bridgehead atoms. The number of alkyl halides is 1. The largest absolute Gasteiger partial charge is 0.0851 e. The minimum Gasteiger partial charge on any atom is -0.0851 e. The summed E-state index contributed by atoms with van der Waals surface area (Å²) in [7, 11) is 0. The van der Waals surface area contributed by atoms with E-state index in [0.717, 1.165) is 5.92 Å². The van der Waals surface area contributed by atoms with Gasteiger partial charge >= 0.3 is 0 Å². The summed E-state index contributed by atoms with van der Waals surface area (Å²) in [5.41, 5.74) is 0. The summed E-state index contributed by atoms with van der Waals surface area (Å²) in [5.74, 6) is 0.799. The van der Waals surface area contributed by atoms with Gasteiger partial charge in [-0.25, -0.2) is 0 Å². The molecule has 0 saturated heterocycles. The van der Waals surface area contributed by atoms with E-state index in [0.29, 0.717) is 4.32 Å². The van der Waals surface area contributed by atoms with Crippen molar-refractivity contribution in [2.24, 2.45) is 5.92 Å². The highest BCUT2D eigenvalue weighted by atomic mass is 79.9. The summed E-state index contributed by atoms with van der Waals surface area (Å²) in [4.78, 5) is 0. The Labute approximate surface area is 72.5 Å². The fraction of sp³-hybridized carbons (Fsp3) is 1.00. The normalized spacial score (nSPS) is 25.2. The van der Waals surface area contributed by atoms with Crippen molar-refractivity contribution in [3.05, 3.63) is 0 Å². The van der Waals surface area contributed by atoms with Crippen molar-refractivity contribution < 1.29 is 0 Å². The van der Waals surface area contributed by atoms with Crippen LogP contribution in [0.4, 0.5) is 0 Å². The third-order valence-electron chi connectivity index (χ3n) is 2.72. The van der Waals surface area contributed by atoms with Crippen LogP contribution in [-0.4, -0.2) is 4.32 Å². The van der Waals surface area contributed by atoms with Gasteiger partial charge in [-0.2, -0.15) is 0 Å². The van der Waals surface area contributed by atoms with Crippen LogP contribution < -0.4 is 0 Å². The molecule has 0 heterocycles. The minimum absolute atomic E-state index is 0.491. The van der Waals surface area contributed by atoms with Gasteiger partial charge in [0.05, 0.1) is 0 Å². The maximum atomic E-state index is 3.86. The Morgan fingerprint density at radius 3 is 1.90 bits per heavy atom. The molecule has 1 saturated carbocycles. The molecule has 0 radical (unpaired) electrons. The highest BCUT2D eigenvalue weighted by Crippen LogP contribution is 2.41. The lowest BCUT2D eigenvalue weighted by molar-refractivity contribution is 0.327. The van der Waals surface area contributed by atoms with E-state index < -0.39 is 0 Å². The monoisotopic (exact) mass is 204 g/mol. The van der Waals surface area contributed by atoms with Crippen molar-refractivity contribution in [1.82, 2.24) is 0 Å². The Kier molecular flexibility index (Phi) is 2.79. The molecule has 0 spiro atoms. The van der Waals surface area contributed by atoms with Crippen molar-refractivity contribution in [2.45, 2.75) is 50.3 Å². The Morgan fingerprint density at radius 2 is 1.60 bits per heavy atom. The Balaban J connectivity index is 2.48. The SMILES string of the molecule is CC(C)C1(Br)CCCCC1. The van der Waals surface area contributed by atoms with Crippen molar-refractivity contribution >= 4 is 15.9 Å². The predicted octanol–water partition coefficient (Wildman–Crippen LogP) is 3.74. The highest BCUT2D eigenvalue weighted by molar-refractivity contribution is 9.10. The number of hydrogen-bond acceptors (Lipinski definition) is 0. The molecule has 1 aliphatic rings. The third-order valence-corrected chi connectivity index (χ3v) is 4.43. The summed E-state index contributed by atoms with van der Waals surface area (Å²) in [6.45, 7) is 4.64. The molecule has 0 aromatic rings. The Bertz CT molecular complexity index is 101. The quantitative estimate of drug-likeness (QED) is 0.572. The van der Waals surface area contributed by atoms with Crippen LogP contribution in [0.5, 0.6) is 0 Å². The molecule has 0 aromatic carbocycles. The molecule has 0 amide bonds. The van der Waals surface area contributed by atoms with Crippen LogP contribution in [0, 0.1) is 5.92 Å². The van der Waals surface area contributed by atoms with Crippen molar-refractivity contribution in [2.75, 3.05) is 0 Å². The first-order chi connectivity index (χ1) is 4.65. The molecule has 0 atom stereocenters. The van der Waals surface area contributed by atoms with E-state index in [-0.39, 0.29) is 0 Å². The smallest absolute Gasteiger partial charge is 0.0280 e. The van der Waals surface area contributed by atoms with E-state index in [1.54, 1.807) is 0 Å². The highest BCUT2D eigenvalue weighted by Gasteiger charge is 2.31. The van der Waals surface area contributed by atoms with Crippen LogP contribution >= 0.6 is 15.9 Å². The fourth-order valence-corrected chi connectivity index (χ4v) is 2.28. The van der Waals surface area contributed by atoms with Crippen LogP contribution in [-0.2, 0) is 0 Å². The van der Waals surface area contributed by atoms with Gasteiger partial charge < -0.3 is 0 Å². The standard InChI is InChI=1S/C9H17Br/c1-8(2)9(10)6-4-3-5-7-9/h8H,3-7H2,1-2H3. The molecule has 1 heteroatoms. The van der Waals surface area contributed by atoms with Gasteiger partial charge in [0.2, 0.25) is 0 Å². The zero-order chi connectivity index (χ0) is 7.61. The van der Waals surface area contributed by atoms with Gasteiger partial charge in [0.25, 0.3) is 0 Å². The molecule has 1 fully saturated rings. The molecule has 1 aliphatic carbocycles. The lowest BCUT2D eigenvalue weighted by Crippen LogP contribution is -2.30. The fourth-order valence-electron chi connectivity index (χ4n) is 1.72. The van der Waals surface area contributed by atoms with E-state index in [1.165, 1.54) is 32.1 Å². The molecule has 1 rings (SSSR count). The first-order valence-corrected chi connectivity index (χ1v) is 5.13. The maximum Gasteiger partial charge on any atom is 0.0280 e. The van der Waals surface area contributed by atoms with Crippen LogP contribution in [0.25, 0.3) is 0 Å². The van der Waals surface area contributed by atoms with E-state index in [9.17, 15) is 0 Å². The van der Waals surface area contributed by atoms with E-state index >= 15 is 0 Å². The van der Waals surface area contributed by atoms with Gasteiger partial charge in [0, 0.05) is 4.32 Å². The average Bonchev–Trinajstić information content (AvgIpc) is 1.89. The van der Waals surface area contributed by atoms with Gasteiger partial charge in [0.15, 0.2) is 0 Å². The van der Waals surface area contributed by atoms with Gasteiger partial charge in [-0.3, -0.25) is 0 Å². The second kappa shape index (κ2) is 3.25. The Morgan fingerprint density at radius 1 is 1.10 bits per heavy atom.